The van der Waals surface area contributed by atoms with Gasteiger partial charge in [0.25, 0.3) is 0 Å². The van der Waals surface area contributed by atoms with Crippen LogP contribution in [0.2, 0.25) is 0 Å². The molecule has 3 rings (SSSR count). The predicted octanol–water partition coefficient (Wildman–Crippen LogP) is 2.89. The smallest absolute Gasteiger partial charge is 0.227 e. The molecule has 2 heterocycles. The van der Waals surface area contributed by atoms with Crippen molar-refractivity contribution < 1.29 is 4.74 Å². The quantitative estimate of drug-likeness (QED) is 0.727. The van der Waals surface area contributed by atoms with Crippen LogP contribution < -0.4 is 15.8 Å². The van der Waals surface area contributed by atoms with Crippen LogP contribution in [0.25, 0.3) is 11.0 Å². The summed E-state index contributed by atoms with van der Waals surface area (Å²) in [5, 5.41) is 8.17. The molecule has 1 aromatic carbocycles. The van der Waals surface area contributed by atoms with Crippen molar-refractivity contribution in [2.45, 2.75) is 13.0 Å². The lowest BCUT2D eigenvalue weighted by Crippen LogP contribution is -2.11. The minimum absolute atomic E-state index is 0.00211. The topological polar surface area (TPSA) is 90.9 Å². The number of fused-ring (bicyclic) bond motifs is 1. The Morgan fingerprint density at radius 2 is 2.13 bits per heavy atom. The molecule has 3 aromatic rings. The average Bonchev–Trinajstić information content (AvgIpc) is 2.89. The van der Waals surface area contributed by atoms with Crippen molar-refractivity contribution >= 4 is 38.7 Å². The number of aryl methyl sites for hydroxylation is 1. The molecule has 120 valence electrons. The highest BCUT2D eigenvalue weighted by Gasteiger charge is 2.13. The van der Waals surface area contributed by atoms with Crippen molar-refractivity contribution in [3.05, 3.63) is 34.4 Å². The van der Waals surface area contributed by atoms with E-state index < -0.39 is 0 Å². The first-order valence-electron chi connectivity index (χ1n) is 7.04. The van der Waals surface area contributed by atoms with Crippen LogP contribution in [0.15, 0.2) is 28.9 Å². The second-order valence-corrected chi connectivity index (χ2v) is 6.05. The van der Waals surface area contributed by atoms with Gasteiger partial charge in [0.2, 0.25) is 5.95 Å². The van der Waals surface area contributed by atoms with Crippen LogP contribution in [0.3, 0.4) is 0 Å². The SMILES string of the molecule is COc1ccc(C(C)Nc2nc(N)c3cnn(C)c3n2)cc1Br. The lowest BCUT2D eigenvalue weighted by atomic mass is 10.1. The molecule has 23 heavy (non-hydrogen) atoms. The molecule has 3 N–H and O–H groups in total. The molecule has 2 aromatic heterocycles. The molecule has 0 saturated carbocycles. The molecule has 0 aliphatic carbocycles. The average molecular weight is 377 g/mol. The van der Waals surface area contributed by atoms with Gasteiger partial charge in [-0.25, -0.2) is 0 Å². The Hall–Kier alpha value is -2.35. The Kier molecular flexibility index (Phi) is 4.08. The molecule has 0 aliphatic rings. The molecule has 7 nitrogen and oxygen atoms in total. The van der Waals surface area contributed by atoms with Gasteiger partial charge in [0.15, 0.2) is 5.65 Å². The Morgan fingerprint density at radius 3 is 2.83 bits per heavy atom. The van der Waals surface area contributed by atoms with Gasteiger partial charge >= 0.3 is 0 Å². The number of halogens is 1. The predicted molar refractivity (Wildman–Crippen MR) is 93.4 cm³/mol. The fourth-order valence-corrected chi connectivity index (χ4v) is 2.90. The number of rotatable bonds is 4. The molecule has 0 amide bonds. The number of hydrogen-bond donors (Lipinski definition) is 2. The number of aromatic nitrogens is 4. The summed E-state index contributed by atoms with van der Waals surface area (Å²) in [6.07, 6.45) is 1.67. The van der Waals surface area contributed by atoms with Crippen molar-refractivity contribution in [3.8, 4) is 5.75 Å². The third kappa shape index (κ3) is 2.94. The summed E-state index contributed by atoms with van der Waals surface area (Å²) in [6.45, 7) is 2.03. The van der Waals surface area contributed by atoms with Gasteiger partial charge in [-0.2, -0.15) is 15.1 Å². The van der Waals surface area contributed by atoms with Gasteiger partial charge < -0.3 is 15.8 Å². The number of nitrogens with zero attached hydrogens (tertiary/aromatic N) is 4. The molecular weight excluding hydrogens is 360 g/mol. The largest absolute Gasteiger partial charge is 0.496 e. The van der Waals surface area contributed by atoms with Gasteiger partial charge in [-0.3, -0.25) is 4.68 Å². The number of nitrogens with two attached hydrogens (primary N) is 1. The van der Waals surface area contributed by atoms with Crippen LogP contribution >= 0.6 is 15.9 Å². The maximum atomic E-state index is 5.98. The monoisotopic (exact) mass is 376 g/mol. The van der Waals surface area contributed by atoms with Crippen molar-refractivity contribution in [3.63, 3.8) is 0 Å². The second kappa shape index (κ2) is 6.04. The highest BCUT2D eigenvalue weighted by Crippen LogP contribution is 2.29. The molecule has 0 aliphatic heterocycles. The number of anilines is 2. The zero-order chi connectivity index (χ0) is 16.6. The fraction of sp³-hybridized carbons (Fsp3) is 0.267. The second-order valence-electron chi connectivity index (χ2n) is 5.20. The zero-order valence-electron chi connectivity index (χ0n) is 13.0. The van der Waals surface area contributed by atoms with E-state index in [1.165, 1.54) is 0 Å². The minimum Gasteiger partial charge on any atom is -0.496 e. The molecule has 0 radical (unpaired) electrons. The molecule has 1 atom stereocenters. The van der Waals surface area contributed by atoms with E-state index in [0.717, 1.165) is 21.2 Å². The van der Waals surface area contributed by atoms with Crippen molar-refractivity contribution in [1.29, 1.82) is 0 Å². The number of ether oxygens (including phenoxy) is 1. The van der Waals surface area contributed by atoms with Crippen molar-refractivity contribution in [1.82, 2.24) is 19.7 Å². The fourth-order valence-electron chi connectivity index (χ4n) is 2.34. The van der Waals surface area contributed by atoms with E-state index in [1.54, 1.807) is 18.0 Å². The number of benzene rings is 1. The molecule has 0 fully saturated rings. The first kappa shape index (κ1) is 15.5. The number of methoxy groups -OCH3 is 1. The summed E-state index contributed by atoms with van der Waals surface area (Å²) in [5.74, 6) is 1.67. The normalized spacial score (nSPS) is 12.3. The van der Waals surface area contributed by atoms with Crippen molar-refractivity contribution in [2.24, 2.45) is 7.05 Å². The molecule has 0 bridgehead atoms. The van der Waals surface area contributed by atoms with E-state index in [1.807, 2.05) is 32.2 Å². The summed E-state index contributed by atoms with van der Waals surface area (Å²) in [5.41, 5.74) is 7.75. The van der Waals surface area contributed by atoms with Crippen LogP contribution in [0, 0.1) is 0 Å². The third-order valence-electron chi connectivity index (χ3n) is 3.64. The maximum absolute atomic E-state index is 5.98. The molecule has 8 heteroatoms. The van der Waals surface area contributed by atoms with Crippen LogP contribution in [0.4, 0.5) is 11.8 Å². The highest BCUT2D eigenvalue weighted by molar-refractivity contribution is 9.10. The van der Waals surface area contributed by atoms with E-state index in [9.17, 15) is 0 Å². The van der Waals surface area contributed by atoms with Gasteiger partial charge in [-0.1, -0.05) is 6.07 Å². The summed E-state index contributed by atoms with van der Waals surface area (Å²) in [4.78, 5) is 8.78. The first-order chi connectivity index (χ1) is 11.0. The summed E-state index contributed by atoms with van der Waals surface area (Å²) in [7, 11) is 3.46. The Labute approximate surface area is 142 Å². The Morgan fingerprint density at radius 1 is 1.35 bits per heavy atom. The number of nitrogen functional groups attached to an aromatic ring is 1. The van der Waals surface area contributed by atoms with Gasteiger partial charge in [0.05, 0.1) is 29.2 Å². The van der Waals surface area contributed by atoms with Crippen LogP contribution in [0.5, 0.6) is 5.75 Å². The van der Waals surface area contributed by atoms with Gasteiger partial charge in [0.1, 0.15) is 11.6 Å². The zero-order valence-corrected chi connectivity index (χ0v) is 14.6. The molecule has 0 saturated heterocycles. The first-order valence-corrected chi connectivity index (χ1v) is 7.84. The number of hydrogen-bond acceptors (Lipinski definition) is 6. The summed E-state index contributed by atoms with van der Waals surface area (Å²) < 4.78 is 7.82. The summed E-state index contributed by atoms with van der Waals surface area (Å²) >= 11 is 3.49. The van der Waals surface area contributed by atoms with E-state index in [0.29, 0.717) is 17.4 Å². The molecule has 1 unspecified atom stereocenters. The van der Waals surface area contributed by atoms with E-state index in [2.05, 4.69) is 36.3 Å². The molecular formula is C15H17BrN6O. The molecule has 0 spiro atoms. The number of nitrogens with one attached hydrogen (secondary N) is 1. The Balaban J connectivity index is 1.89. The standard InChI is InChI=1S/C15H17BrN6O/c1-8(9-4-5-12(23-3)11(16)6-9)19-15-20-13(17)10-7-18-22(2)14(10)21-15/h4-8H,1-3H3,(H3,17,19,20,21). The van der Waals surface area contributed by atoms with Crippen LogP contribution in [-0.4, -0.2) is 26.9 Å². The lowest BCUT2D eigenvalue weighted by molar-refractivity contribution is 0.412. The van der Waals surface area contributed by atoms with E-state index in [-0.39, 0.29) is 6.04 Å². The van der Waals surface area contributed by atoms with Crippen LogP contribution in [0.1, 0.15) is 18.5 Å². The Bertz CT molecular complexity index is 863. The third-order valence-corrected chi connectivity index (χ3v) is 4.26. The lowest BCUT2D eigenvalue weighted by Gasteiger charge is -2.16. The summed E-state index contributed by atoms with van der Waals surface area (Å²) in [6, 6.07) is 5.91. The van der Waals surface area contributed by atoms with Crippen LogP contribution in [-0.2, 0) is 7.05 Å². The van der Waals surface area contributed by atoms with Gasteiger partial charge in [0, 0.05) is 7.05 Å². The van der Waals surface area contributed by atoms with Gasteiger partial charge in [-0.15, -0.1) is 0 Å². The highest BCUT2D eigenvalue weighted by atomic mass is 79.9. The van der Waals surface area contributed by atoms with E-state index in [4.69, 9.17) is 10.5 Å². The van der Waals surface area contributed by atoms with Gasteiger partial charge in [-0.05, 0) is 40.5 Å². The maximum Gasteiger partial charge on any atom is 0.227 e. The van der Waals surface area contributed by atoms with Crippen molar-refractivity contribution in [2.75, 3.05) is 18.2 Å². The van der Waals surface area contributed by atoms with E-state index >= 15 is 0 Å². The minimum atomic E-state index is 0.00211.